The Morgan fingerprint density at radius 3 is 2.67 bits per heavy atom. The minimum atomic E-state index is 0.471. The highest BCUT2D eigenvalue weighted by atomic mass is 16.5. The van der Waals surface area contributed by atoms with Crippen LogP contribution in [0, 0.1) is 0 Å². The van der Waals surface area contributed by atoms with Gasteiger partial charge in [-0.2, -0.15) is 0 Å². The minimum absolute atomic E-state index is 0.471. The van der Waals surface area contributed by atoms with Crippen LogP contribution in [-0.2, 0) is 4.74 Å². The number of methoxy groups -OCH3 is 1. The fourth-order valence-corrected chi connectivity index (χ4v) is 2.20. The lowest BCUT2D eigenvalue weighted by Gasteiger charge is -2.19. The normalized spacial score (nSPS) is 22.8. The van der Waals surface area contributed by atoms with Crippen molar-refractivity contribution in [3.63, 3.8) is 0 Å². The predicted molar refractivity (Wildman–Crippen MR) is 64.2 cm³/mol. The fourth-order valence-electron chi connectivity index (χ4n) is 2.20. The van der Waals surface area contributed by atoms with Crippen LogP contribution in [0.1, 0.15) is 33.1 Å². The van der Waals surface area contributed by atoms with Gasteiger partial charge in [-0.15, -0.1) is 0 Å². The molecule has 0 aliphatic carbocycles. The summed E-state index contributed by atoms with van der Waals surface area (Å²) in [7, 11) is 1.82. The molecule has 1 unspecified atom stereocenters. The van der Waals surface area contributed by atoms with Gasteiger partial charge in [-0.3, -0.25) is 4.90 Å². The summed E-state index contributed by atoms with van der Waals surface area (Å²) in [5.41, 5.74) is 0. The molecule has 1 saturated heterocycles. The number of ether oxygens (including phenoxy) is 1. The minimum Gasteiger partial charge on any atom is -0.380 e. The Kier molecular flexibility index (Phi) is 6.22. The summed E-state index contributed by atoms with van der Waals surface area (Å²) < 4.78 is 5.35. The first-order chi connectivity index (χ1) is 7.30. The van der Waals surface area contributed by atoms with Gasteiger partial charge in [-0.1, -0.05) is 13.8 Å². The third-order valence-electron chi connectivity index (χ3n) is 3.41. The van der Waals surface area contributed by atoms with Gasteiger partial charge >= 0.3 is 0 Å². The van der Waals surface area contributed by atoms with Gasteiger partial charge in [-0.25, -0.2) is 0 Å². The molecule has 0 aromatic carbocycles. The van der Waals surface area contributed by atoms with E-state index in [-0.39, 0.29) is 0 Å². The number of nitrogens with one attached hydrogen (secondary N) is 1. The van der Waals surface area contributed by atoms with Crippen LogP contribution in [0.2, 0.25) is 0 Å². The number of hydrogen-bond acceptors (Lipinski definition) is 3. The van der Waals surface area contributed by atoms with Crippen molar-refractivity contribution in [2.45, 2.75) is 45.3 Å². The molecule has 0 amide bonds. The molecular formula is C12H26N2O. The smallest absolute Gasteiger partial charge is 0.0710 e. The summed E-state index contributed by atoms with van der Waals surface area (Å²) in [4.78, 5) is 2.49. The van der Waals surface area contributed by atoms with Gasteiger partial charge in [0.15, 0.2) is 0 Å². The summed E-state index contributed by atoms with van der Waals surface area (Å²) in [6.45, 7) is 9.08. The first kappa shape index (κ1) is 12.9. The van der Waals surface area contributed by atoms with E-state index in [1.165, 1.54) is 25.8 Å². The van der Waals surface area contributed by atoms with Crippen molar-refractivity contribution >= 4 is 0 Å². The van der Waals surface area contributed by atoms with Crippen LogP contribution in [0.25, 0.3) is 0 Å². The molecule has 3 nitrogen and oxygen atoms in total. The average molecular weight is 214 g/mol. The molecule has 3 heteroatoms. The Bertz CT molecular complexity index is 160. The second-order valence-electron chi connectivity index (χ2n) is 4.41. The molecule has 1 aliphatic rings. The second kappa shape index (κ2) is 7.20. The van der Waals surface area contributed by atoms with Crippen LogP contribution in [-0.4, -0.2) is 50.3 Å². The van der Waals surface area contributed by atoms with E-state index >= 15 is 0 Å². The Hall–Kier alpha value is -0.120. The van der Waals surface area contributed by atoms with E-state index in [0.29, 0.717) is 12.1 Å². The highest BCUT2D eigenvalue weighted by Gasteiger charge is 2.21. The summed E-state index contributed by atoms with van der Waals surface area (Å²) in [5, 5.41) is 3.60. The summed E-state index contributed by atoms with van der Waals surface area (Å²) in [6, 6.07) is 0.700. The molecular weight excluding hydrogens is 188 g/mol. The van der Waals surface area contributed by atoms with Crippen LogP contribution in [0.4, 0.5) is 0 Å². The third kappa shape index (κ3) is 4.49. The van der Waals surface area contributed by atoms with Crippen molar-refractivity contribution < 1.29 is 4.74 Å². The molecule has 15 heavy (non-hydrogen) atoms. The lowest BCUT2D eigenvalue weighted by molar-refractivity contribution is 0.108. The molecule has 1 heterocycles. The molecule has 0 aromatic rings. The zero-order valence-electron chi connectivity index (χ0n) is 10.5. The van der Waals surface area contributed by atoms with Gasteiger partial charge in [0.05, 0.1) is 6.10 Å². The number of hydrogen-bond donors (Lipinski definition) is 1. The maximum absolute atomic E-state index is 5.35. The van der Waals surface area contributed by atoms with E-state index in [9.17, 15) is 0 Å². The molecule has 1 N–H and O–H groups in total. The Morgan fingerprint density at radius 2 is 2.13 bits per heavy atom. The van der Waals surface area contributed by atoms with E-state index in [2.05, 4.69) is 24.1 Å². The highest BCUT2D eigenvalue weighted by molar-refractivity contribution is 4.76. The largest absolute Gasteiger partial charge is 0.380 e. The lowest BCUT2D eigenvalue weighted by Crippen LogP contribution is -2.36. The number of likely N-dealkylation sites (tertiary alicyclic amines) is 1. The monoisotopic (exact) mass is 214 g/mol. The van der Waals surface area contributed by atoms with Crippen LogP contribution in [0.3, 0.4) is 0 Å². The Labute approximate surface area is 94.2 Å². The van der Waals surface area contributed by atoms with Crippen LogP contribution in [0.15, 0.2) is 0 Å². The highest BCUT2D eigenvalue weighted by Crippen LogP contribution is 2.10. The molecule has 1 atom stereocenters. The van der Waals surface area contributed by atoms with Crippen molar-refractivity contribution in [1.82, 2.24) is 10.2 Å². The molecule has 1 rings (SSSR count). The molecule has 90 valence electrons. The van der Waals surface area contributed by atoms with Crippen molar-refractivity contribution in [2.75, 3.05) is 33.3 Å². The maximum atomic E-state index is 5.35. The van der Waals surface area contributed by atoms with Gasteiger partial charge < -0.3 is 10.1 Å². The van der Waals surface area contributed by atoms with Crippen molar-refractivity contribution in [2.24, 2.45) is 0 Å². The third-order valence-corrected chi connectivity index (χ3v) is 3.41. The molecule has 0 spiro atoms. The van der Waals surface area contributed by atoms with Gasteiger partial charge in [-0.05, 0) is 19.3 Å². The molecule has 0 bridgehead atoms. The lowest BCUT2D eigenvalue weighted by atomic mass is 10.2. The number of rotatable bonds is 7. The molecule has 0 saturated carbocycles. The van der Waals surface area contributed by atoms with Crippen molar-refractivity contribution in [1.29, 1.82) is 0 Å². The standard InChI is InChI=1S/C12H26N2O/c1-4-11(5-2)13-7-9-14-8-6-12(10-14)15-3/h11-13H,4-10H2,1-3H3. The predicted octanol–water partition coefficient (Wildman–Crippen LogP) is 1.49. The molecule has 0 aromatic heterocycles. The fraction of sp³-hybridized carbons (Fsp3) is 1.00. The average Bonchev–Trinajstić information content (AvgIpc) is 2.72. The molecule has 1 aliphatic heterocycles. The van der Waals surface area contributed by atoms with E-state index in [1.807, 2.05) is 7.11 Å². The second-order valence-corrected chi connectivity index (χ2v) is 4.41. The number of nitrogens with zero attached hydrogens (tertiary/aromatic N) is 1. The van der Waals surface area contributed by atoms with Gasteiger partial charge in [0, 0.05) is 39.3 Å². The van der Waals surface area contributed by atoms with Gasteiger partial charge in [0.2, 0.25) is 0 Å². The van der Waals surface area contributed by atoms with Crippen molar-refractivity contribution in [3.05, 3.63) is 0 Å². The van der Waals surface area contributed by atoms with E-state index in [0.717, 1.165) is 19.6 Å². The Morgan fingerprint density at radius 1 is 1.40 bits per heavy atom. The first-order valence-electron chi connectivity index (χ1n) is 6.28. The summed E-state index contributed by atoms with van der Waals surface area (Å²) >= 11 is 0. The summed E-state index contributed by atoms with van der Waals surface area (Å²) in [5.74, 6) is 0. The van der Waals surface area contributed by atoms with E-state index < -0.39 is 0 Å². The van der Waals surface area contributed by atoms with E-state index in [4.69, 9.17) is 4.74 Å². The van der Waals surface area contributed by atoms with Crippen LogP contribution < -0.4 is 5.32 Å². The first-order valence-corrected chi connectivity index (χ1v) is 6.28. The van der Waals surface area contributed by atoms with Gasteiger partial charge in [0.1, 0.15) is 0 Å². The van der Waals surface area contributed by atoms with Crippen LogP contribution in [0.5, 0.6) is 0 Å². The van der Waals surface area contributed by atoms with Crippen LogP contribution >= 0.6 is 0 Å². The maximum Gasteiger partial charge on any atom is 0.0710 e. The SMILES string of the molecule is CCC(CC)NCCN1CCC(OC)C1. The molecule has 1 fully saturated rings. The topological polar surface area (TPSA) is 24.5 Å². The molecule has 0 radical (unpaired) electrons. The van der Waals surface area contributed by atoms with Crippen molar-refractivity contribution in [3.8, 4) is 0 Å². The Balaban J connectivity index is 2.05. The van der Waals surface area contributed by atoms with E-state index in [1.54, 1.807) is 0 Å². The van der Waals surface area contributed by atoms with Gasteiger partial charge in [0.25, 0.3) is 0 Å². The zero-order valence-corrected chi connectivity index (χ0v) is 10.5. The quantitative estimate of drug-likeness (QED) is 0.695. The summed E-state index contributed by atoms with van der Waals surface area (Å²) in [6.07, 6.45) is 4.13. The zero-order chi connectivity index (χ0) is 11.1.